The Labute approximate surface area is 97.5 Å². The predicted octanol–water partition coefficient (Wildman–Crippen LogP) is 1.40. The van der Waals surface area contributed by atoms with Gasteiger partial charge in [0.05, 0.1) is 6.54 Å². The summed E-state index contributed by atoms with van der Waals surface area (Å²) in [6.45, 7) is -0.671. The fourth-order valence-corrected chi connectivity index (χ4v) is 1.45. The lowest BCUT2D eigenvalue weighted by molar-refractivity contribution is -0.137. The van der Waals surface area contributed by atoms with E-state index in [0.717, 1.165) is 18.6 Å². The van der Waals surface area contributed by atoms with E-state index in [9.17, 15) is 18.0 Å². The van der Waals surface area contributed by atoms with Crippen LogP contribution >= 0.6 is 11.8 Å². The Morgan fingerprint density at radius 3 is 2.56 bits per heavy atom. The van der Waals surface area contributed by atoms with Gasteiger partial charge in [-0.25, -0.2) is 0 Å². The molecule has 0 aliphatic carbocycles. The third-order valence-corrected chi connectivity index (χ3v) is 2.42. The third kappa shape index (κ3) is 11.6. The summed E-state index contributed by atoms with van der Waals surface area (Å²) in [5.41, 5.74) is 0. The van der Waals surface area contributed by atoms with Crippen LogP contribution in [0.25, 0.3) is 0 Å². The second-order valence-electron chi connectivity index (χ2n) is 3.27. The Morgan fingerprint density at radius 1 is 1.31 bits per heavy atom. The summed E-state index contributed by atoms with van der Waals surface area (Å²) in [5.74, 6) is 0.435. The molecule has 0 unspecified atom stereocenters. The van der Waals surface area contributed by atoms with Gasteiger partial charge in [0.2, 0.25) is 5.91 Å². The predicted molar refractivity (Wildman–Crippen MR) is 59.6 cm³/mol. The summed E-state index contributed by atoms with van der Waals surface area (Å²) in [6, 6.07) is 0. The standard InChI is InChI=1S/C9H17F3N2OS/c1-16-5-3-2-4-13-6-8(15)14-7-9(10,11)12/h13H,2-7H2,1H3,(H,14,15). The molecule has 0 saturated heterocycles. The number of alkyl halides is 3. The van der Waals surface area contributed by atoms with E-state index in [1.165, 1.54) is 0 Å². The van der Waals surface area contributed by atoms with Crippen molar-refractivity contribution >= 4 is 17.7 Å². The van der Waals surface area contributed by atoms with Gasteiger partial charge in [-0.2, -0.15) is 24.9 Å². The van der Waals surface area contributed by atoms with Crippen LogP contribution in [0.4, 0.5) is 13.2 Å². The van der Waals surface area contributed by atoms with Gasteiger partial charge >= 0.3 is 6.18 Å². The minimum absolute atomic E-state index is 0.0602. The molecule has 0 spiro atoms. The molecule has 0 heterocycles. The molecular weight excluding hydrogens is 241 g/mol. The van der Waals surface area contributed by atoms with Crippen LogP contribution in [0.15, 0.2) is 0 Å². The van der Waals surface area contributed by atoms with E-state index in [2.05, 4.69) is 5.32 Å². The van der Waals surface area contributed by atoms with E-state index in [-0.39, 0.29) is 6.54 Å². The Balaban J connectivity index is 3.31. The summed E-state index contributed by atoms with van der Waals surface area (Å²) in [5, 5.41) is 4.59. The number of thioether (sulfide) groups is 1. The van der Waals surface area contributed by atoms with Crippen molar-refractivity contribution in [2.24, 2.45) is 0 Å². The van der Waals surface area contributed by atoms with Gasteiger partial charge in [-0.05, 0) is 31.4 Å². The highest BCUT2D eigenvalue weighted by Crippen LogP contribution is 2.11. The van der Waals surface area contributed by atoms with E-state index in [1.54, 1.807) is 17.1 Å². The van der Waals surface area contributed by atoms with Crippen LogP contribution in [0.5, 0.6) is 0 Å². The van der Waals surface area contributed by atoms with E-state index < -0.39 is 18.6 Å². The molecule has 2 N–H and O–H groups in total. The summed E-state index contributed by atoms with van der Waals surface area (Å²) in [4.78, 5) is 10.9. The molecule has 0 fully saturated rings. The van der Waals surface area contributed by atoms with Gasteiger partial charge in [0, 0.05) is 0 Å². The van der Waals surface area contributed by atoms with Gasteiger partial charge in [-0.3, -0.25) is 4.79 Å². The number of hydrogen-bond donors (Lipinski definition) is 2. The molecule has 0 aliphatic heterocycles. The Kier molecular flexibility index (Phi) is 8.46. The molecule has 7 heteroatoms. The molecule has 0 aromatic carbocycles. The van der Waals surface area contributed by atoms with Crippen LogP contribution in [0, 0.1) is 0 Å². The third-order valence-electron chi connectivity index (χ3n) is 1.72. The first kappa shape index (κ1) is 15.6. The first-order chi connectivity index (χ1) is 7.45. The molecule has 0 atom stereocenters. The Bertz CT molecular complexity index is 200. The monoisotopic (exact) mass is 258 g/mol. The molecule has 0 aliphatic rings. The van der Waals surface area contributed by atoms with Gasteiger partial charge in [0.15, 0.2) is 0 Å². The maximum atomic E-state index is 11.7. The average Bonchev–Trinajstić information content (AvgIpc) is 2.19. The van der Waals surface area contributed by atoms with Crippen LogP contribution in [0.3, 0.4) is 0 Å². The molecule has 96 valence electrons. The van der Waals surface area contributed by atoms with Gasteiger partial charge < -0.3 is 10.6 Å². The van der Waals surface area contributed by atoms with Crippen molar-refractivity contribution in [3.05, 3.63) is 0 Å². The summed E-state index contributed by atoms with van der Waals surface area (Å²) >= 11 is 1.74. The molecule has 16 heavy (non-hydrogen) atoms. The summed E-state index contributed by atoms with van der Waals surface area (Å²) in [6.07, 6.45) is -0.363. The maximum Gasteiger partial charge on any atom is 0.405 e. The van der Waals surface area contributed by atoms with Gasteiger partial charge in [-0.1, -0.05) is 0 Å². The van der Waals surface area contributed by atoms with Crippen molar-refractivity contribution in [1.82, 2.24) is 10.6 Å². The highest BCUT2D eigenvalue weighted by Gasteiger charge is 2.27. The minimum Gasteiger partial charge on any atom is -0.346 e. The first-order valence-corrected chi connectivity index (χ1v) is 6.38. The van der Waals surface area contributed by atoms with Crippen molar-refractivity contribution in [3.63, 3.8) is 0 Å². The van der Waals surface area contributed by atoms with E-state index >= 15 is 0 Å². The molecular formula is C9H17F3N2OS. The molecule has 0 aromatic rings. The number of unbranched alkanes of at least 4 members (excludes halogenated alkanes) is 1. The zero-order chi connectivity index (χ0) is 12.4. The van der Waals surface area contributed by atoms with Crippen LogP contribution < -0.4 is 10.6 Å². The topological polar surface area (TPSA) is 41.1 Å². The van der Waals surface area contributed by atoms with Crippen molar-refractivity contribution in [2.45, 2.75) is 19.0 Å². The van der Waals surface area contributed by atoms with Gasteiger partial charge in [0.25, 0.3) is 0 Å². The number of rotatable bonds is 8. The van der Waals surface area contributed by atoms with Crippen LogP contribution in [0.2, 0.25) is 0 Å². The Hall–Kier alpha value is -0.430. The number of carbonyl (C=O) groups is 1. The minimum atomic E-state index is -4.34. The second kappa shape index (κ2) is 8.69. The SMILES string of the molecule is CSCCCCNCC(=O)NCC(F)(F)F. The molecule has 0 bridgehead atoms. The van der Waals surface area contributed by atoms with Crippen molar-refractivity contribution in [2.75, 3.05) is 31.6 Å². The molecule has 0 rings (SSSR count). The molecule has 0 radical (unpaired) electrons. The molecule has 0 aromatic heterocycles. The number of amides is 1. The van der Waals surface area contributed by atoms with Crippen molar-refractivity contribution in [1.29, 1.82) is 0 Å². The lowest BCUT2D eigenvalue weighted by atomic mass is 10.3. The lowest BCUT2D eigenvalue weighted by Crippen LogP contribution is -2.39. The Morgan fingerprint density at radius 2 is 2.00 bits per heavy atom. The quantitative estimate of drug-likeness (QED) is 0.647. The summed E-state index contributed by atoms with van der Waals surface area (Å²) in [7, 11) is 0. The van der Waals surface area contributed by atoms with Crippen LogP contribution in [-0.2, 0) is 4.79 Å². The number of carbonyl (C=O) groups excluding carboxylic acids is 1. The van der Waals surface area contributed by atoms with Crippen LogP contribution in [-0.4, -0.2) is 43.7 Å². The zero-order valence-corrected chi connectivity index (χ0v) is 10.0. The highest BCUT2D eigenvalue weighted by molar-refractivity contribution is 7.98. The molecule has 0 saturated carbocycles. The zero-order valence-electron chi connectivity index (χ0n) is 9.19. The normalized spacial score (nSPS) is 11.5. The maximum absolute atomic E-state index is 11.7. The number of halogens is 3. The van der Waals surface area contributed by atoms with E-state index in [4.69, 9.17) is 0 Å². The molecule has 1 amide bonds. The fourth-order valence-electron chi connectivity index (χ4n) is 0.960. The average molecular weight is 258 g/mol. The fraction of sp³-hybridized carbons (Fsp3) is 0.889. The number of hydrogen-bond acceptors (Lipinski definition) is 3. The van der Waals surface area contributed by atoms with Crippen molar-refractivity contribution < 1.29 is 18.0 Å². The van der Waals surface area contributed by atoms with E-state index in [1.807, 2.05) is 6.26 Å². The smallest absolute Gasteiger partial charge is 0.346 e. The summed E-state index contributed by atoms with van der Waals surface area (Å²) < 4.78 is 35.1. The second-order valence-corrected chi connectivity index (χ2v) is 4.25. The largest absolute Gasteiger partial charge is 0.405 e. The van der Waals surface area contributed by atoms with Gasteiger partial charge in [0.1, 0.15) is 6.54 Å². The van der Waals surface area contributed by atoms with Crippen LogP contribution in [0.1, 0.15) is 12.8 Å². The first-order valence-electron chi connectivity index (χ1n) is 4.99. The highest BCUT2D eigenvalue weighted by atomic mass is 32.2. The molecule has 3 nitrogen and oxygen atoms in total. The number of nitrogens with one attached hydrogen (secondary N) is 2. The lowest BCUT2D eigenvalue weighted by Gasteiger charge is -2.08. The van der Waals surface area contributed by atoms with Gasteiger partial charge in [-0.15, -0.1) is 0 Å². The van der Waals surface area contributed by atoms with Crippen molar-refractivity contribution in [3.8, 4) is 0 Å². The van der Waals surface area contributed by atoms with E-state index in [0.29, 0.717) is 6.54 Å².